The van der Waals surface area contributed by atoms with E-state index in [9.17, 15) is 23.3 Å². The highest BCUT2D eigenvalue weighted by atomic mass is 79.9. The van der Waals surface area contributed by atoms with Crippen molar-refractivity contribution in [1.82, 2.24) is 4.31 Å². The fraction of sp³-hybridized carbons (Fsp3) is 0.148. The Balaban J connectivity index is 1.82. The molecule has 202 valence electrons. The molecule has 4 aromatic rings. The van der Waals surface area contributed by atoms with Crippen LogP contribution in [0.4, 0.5) is 11.4 Å². The van der Waals surface area contributed by atoms with Crippen molar-refractivity contribution in [3.05, 3.63) is 119 Å². The highest BCUT2D eigenvalue weighted by molar-refractivity contribution is 9.13. The summed E-state index contributed by atoms with van der Waals surface area (Å²) in [6.45, 7) is 1.85. The van der Waals surface area contributed by atoms with Gasteiger partial charge in [0.1, 0.15) is 0 Å². The second-order valence-corrected chi connectivity index (χ2v) is 13.2. The average molecular weight is 693 g/mol. The Morgan fingerprint density at radius 2 is 1.64 bits per heavy atom. The standard InChI is InChI=1S/C27H23Br2N3O5S2/c1-17-3-10-22(11-4-17)39(36,37)31(2)27(33)25(19-13-14-38-16-19)26(18-5-8-21(9-6-18)32(34)35)30-20-7-12-23(28)24(29)15-20/h3-16,25-26,30H,1-2H3/t25-,26-/m1/s1. The zero-order chi connectivity index (χ0) is 28.3. The van der Waals surface area contributed by atoms with E-state index in [0.717, 1.165) is 18.8 Å². The fourth-order valence-corrected chi connectivity index (χ4v) is 6.51. The zero-order valence-corrected chi connectivity index (χ0v) is 25.6. The molecular weight excluding hydrogens is 670 g/mol. The Labute approximate surface area is 247 Å². The SMILES string of the molecule is Cc1ccc(S(=O)(=O)N(C)C(=O)[C@H](c2ccsc2)[C@H](Nc2ccc(Br)c(Br)c2)c2ccc([N+](=O)[O-])cc2)cc1. The first-order chi connectivity index (χ1) is 18.5. The van der Waals surface area contributed by atoms with Gasteiger partial charge in [-0.3, -0.25) is 14.9 Å². The van der Waals surface area contributed by atoms with Crippen molar-refractivity contribution in [2.75, 3.05) is 12.4 Å². The van der Waals surface area contributed by atoms with Crippen LogP contribution in [0, 0.1) is 17.0 Å². The maximum atomic E-state index is 14.1. The molecule has 1 heterocycles. The van der Waals surface area contributed by atoms with Gasteiger partial charge in [-0.1, -0.05) is 29.8 Å². The molecule has 2 atom stereocenters. The fourth-order valence-electron chi connectivity index (χ4n) is 4.04. The van der Waals surface area contributed by atoms with Crippen molar-refractivity contribution in [3.8, 4) is 0 Å². The molecule has 0 fully saturated rings. The van der Waals surface area contributed by atoms with Crippen LogP contribution >= 0.6 is 43.2 Å². The first-order valence-corrected chi connectivity index (χ1v) is 15.5. The Morgan fingerprint density at radius 3 is 2.21 bits per heavy atom. The van der Waals surface area contributed by atoms with Crippen LogP contribution in [0.15, 0.2) is 97.4 Å². The number of amides is 1. The summed E-state index contributed by atoms with van der Waals surface area (Å²) in [5.41, 5.74) is 2.64. The number of hydrogen-bond acceptors (Lipinski definition) is 7. The molecule has 1 N–H and O–H groups in total. The van der Waals surface area contributed by atoms with Crippen LogP contribution < -0.4 is 5.32 Å². The first kappa shape index (κ1) is 28.9. The zero-order valence-electron chi connectivity index (χ0n) is 20.7. The van der Waals surface area contributed by atoms with Gasteiger partial charge in [0.15, 0.2) is 0 Å². The molecule has 0 aliphatic carbocycles. The molecule has 1 amide bonds. The number of rotatable bonds is 9. The van der Waals surface area contributed by atoms with Gasteiger partial charge >= 0.3 is 0 Å². The minimum atomic E-state index is -4.15. The van der Waals surface area contributed by atoms with E-state index < -0.39 is 32.8 Å². The summed E-state index contributed by atoms with van der Waals surface area (Å²) in [6, 6.07) is 18.6. The van der Waals surface area contributed by atoms with E-state index in [1.807, 2.05) is 30.5 Å². The minimum Gasteiger partial charge on any atom is -0.377 e. The Morgan fingerprint density at radius 1 is 0.974 bits per heavy atom. The number of nitrogens with one attached hydrogen (secondary N) is 1. The molecule has 0 aliphatic heterocycles. The molecule has 4 rings (SSSR count). The molecule has 0 saturated carbocycles. The molecule has 39 heavy (non-hydrogen) atoms. The van der Waals surface area contributed by atoms with Crippen LogP contribution in [0.25, 0.3) is 0 Å². The van der Waals surface area contributed by atoms with Gasteiger partial charge < -0.3 is 5.32 Å². The van der Waals surface area contributed by atoms with E-state index in [1.54, 1.807) is 35.7 Å². The summed E-state index contributed by atoms with van der Waals surface area (Å²) >= 11 is 8.32. The predicted octanol–water partition coefficient (Wildman–Crippen LogP) is 7.27. The number of halogens is 2. The topological polar surface area (TPSA) is 110 Å². The van der Waals surface area contributed by atoms with Gasteiger partial charge in [-0.25, -0.2) is 12.7 Å². The van der Waals surface area contributed by atoms with Crippen LogP contribution in [0.1, 0.15) is 28.7 Å². The maximum absolute atomic E-state index is 14.1. The summed E-state index contributed by atoms with van der Waals surface area (Å²) in [5.74, 6) is -1.63. The molecule has 8 nitrogen and oxygen atoms in total. The Kier molecular flexibility index (Phi) is 8.90. The lowest BCUT2D eigenvalue weighted by Gasteiger charge is -2.31. The molecule has 1 aromatic heterocycles. The maximum Gasteiger partial charge on any atom is 0.269 e. The summed E-state index contributed by atoms with van der Waals surface area (Å²) in [5, 5.41) is 18.3. The van der Waals surface area contributed by atoms with Gasteiger partial charge in [0.2, 0.25) is 5.91 Å². The van der Waals surface area contributed by atoms with Gasteiger partial charge in [-0.15, -0.1) is 0 Å². The predicted molar refractivity (Wildman–Crippen MR) is 159 cm³/mol. The molecule has 3 aromatic carbocycles. The van der Waals surface area contributed by atoms with E-state index in [1.165, 1.54) is 42.6 Å². The number of carbonyl (C=O) groups is 1. The number of anilines is 1. The lowest BCUT2D eigenvalue weighted by Crippen LogP contribution is -2.40. The highest BCUT2D eigenvalue weighted by Crippen LogP contribution is 2.39. The first-order valence-electron chi connectivity index (χ1n) is 11.6. The third-order valence-corrected chi connectivity index (χ3v) is 10.5. The van der Waals surface area contributed by atoms with Crippen LogP contribution in [0.3, 0.4) is 0 Å². The van der Waals surface area contributed by atoms with Crippen molar-refractivity contribution in [3.63, 3.8) is 0 Å². The second-order valence-electron chi connectivity index (χ2n) is 8.76. The molecule has 0 unspecified atom stereocenters. The quantitative estimate of drug-likeness (QED) is 0.146. The van der Waals surface area contributed by atoms with E-state index in [2.05, 4.69) is 37.2 Å². The van der Waals surface area contributed by atoms with Gasteiger partial charge in [0.25, 0.3) is 15.7 Å². The normalized spacial score (nSPS) is 12.9. The lowest BCUT2D eigenvalue weighted by molar-refractivity contribution is -0.384. The summed E-state index contributed by atoms with van der Waals surface area (Å²) in [7, 11) is -2.90. The molecule has 12 heteroatoms. The number of hydrogen-bond donors (Lipinski definition) is 1. The number of non-ortho nitro benzene ring substituents is 1. The van der Waals surface area contributed by atoms with Gasteiger partial charge in [0, 0.05) is 33.8 Å². The van der Waals surface area contributed by atoms with Crippen LogP contribution in [0.5, 0.6) is 0 Å². The number of nitro groups is 1. The number of thiophene rings is 1. The van der Waals surface area contributed by atoms with Crippen molar-refractivity contribution < 1.29 is 18.1 Å². The molecule has 0 spiro atoms. The van der Waals surface area contributed by atoms with Crippen molar-refractivity contribution >= 4 is 70.5 Å². The number of aryl methyl sites for hydroxylation is 1. The minimum absolute atomic E-state index is 0.00436. The van der Waals surface area contributed by atoms with Crippen LogP contribution in [-0.4, -0.2) is 30.6 Å². The van der Waals surface area contributed by atoms with Crippen molar-refractivity contribution in [2.24, 2.45) is 0 Å². The number of sulfonamides is 1. The summed E-state index contributed by atoms with van der Waals surface area (Å²) in [4.78, 5) is 24.9. The third kappa shape index (κ3) is 6.40. The van der Waals surface area contributed by atoms with Crippen LogP contribution in [0.2, 0.25) is 0 Å². The number of benzene rings is 3. The highest BCUT2D eigenvalue weighted by Gasteiger charge is 2.38. The van der Waals surface area contributed by atoms with E-state index >= 15 is 0 Å². The van der Waals surface area contributed by atoms with Crippen molar-refractivity contribution in [2.45, 2.75) is 23.8 Å². The summed E-state index contributed by atoms with van der Waals surface area (Å²) < 4.78 is 29.3. The van der Waals surface area contributed by atoms with E-state index in [-0.39, 0.29) is 10.6 Å². The monoisotopic (exact) mass is 691 g/mol. The number of nitrogens with zero attached hydrogens (tertiary/aromatic N) is 2. The van der Waals surface area contributed by atoms with Crippen molar-refractivity contribution in [1.29, 1.82) is 0 Å². The number of likely N-dealkylation sites (N-methyl/N-ethyl adjacent to an activating group) is 1. The van der Waals surface area contributed by atoms with Gasteiger partial charge in [-0.05, 0) is 97.1 Å². The number of nitro benzene ring substituents is 1. The Bertz CT molecular complexity index is 1590. The lowest BCUT2D eigenvalue weighted by atomic mass is 9.87. The number of carbonyl (C=O) groups excluding carboxylic acids is 1. The summed E-state index contributed by atoms with van der Waals surface area (Å²) in [6.07, 6.45) is 0. The second kappa shape index (κ2) is 12.0. The Hall–Kier alpha value is -3.06. The molecule has 0 radical (unpaired) electrons. The van der Waals surface area contributed by atoms with Gasteiger partial charge in [0.05, 0.1) is 21.8 Å². The van der Waals surface area contributed by atoms with Gasteiger partial charge in [-0.2, -0.15) is 11.3 Å². The largest absolute Gasteiger partial charge is 0.377 e. The average Bonchev–Trinajstić information content (AvgIpc) is 3.44. The van der Waals surface area contributed by atoms with E-state index in [4.69, 9.17) is 0 Å². The van der Waals surface area contributed by atoms with Crippen LogP contribution in [-0.2, 0) is 14.8 Å². The molecule has 0 aliphatic rings. The molecule has 0 bridgehead atoms. The molecular formula is C27H23Br2N3O5S2. The third-order valence-electron chi connectivity index (χ3n) is 6.20. The molecule has 0 saturated heterocycles. The smallest absolute Gasteiger partial charge is 0.269 e. The van der Waals surface area contributed by atoms with E-state index in [0.29, 0.717) is 16.8 Å².